The van der Waals surface area contributed by atoms with E-state index in [0.29, 0.717) is 12.8 Å². The number of unbranched alkanes of at least 4 members (excludes halogenated alkanes) is 12. The molecule has 0 aromatic rings. The molecule has 0 saturated carbocycles. The normalized spacial score (nSPS) is 12.9. The third-order valence-electron chi connectivity index (χ3n) is 7.08. The van der Waals surface area contributed by atoms with Gasteiger partial charge in [0.1, 0.15) is 6.61 Å². The van der Waals surface area contributed by atoms with Crippen LogP contribution in [0.2, 0.25) is 0 Å². The van der Waals surface area contributed by atoms with Gasteiger partial charge in [-0.15, -0.1) is 0 Å². The van der Waals surface area contributed by atoms with Crippen molar-refractivity contribution in [2.75, 3.05) is 13.2 Å². The van der Waals surface area contributed by atoms with Gasteiger partial charge in [-0.05, 0) is 57.8 Å². The molecule has 1 unspecified atom stereocenters. The summed E-state index contributed by atoms with van der Waals surface area (Å²) in [6, 6.07) is 0. The van der Waals surface area contributed by atoms with E-state index in [1.165, 1.54) is 44.9 Å². The molecule has 0 bridgehead atoms. The molecule has 5 nitrogen and oxygen atoms in total. The van der Waals surface area contributed by atoms with Crippen molar-refractivity contribution in [3.63, 3.8) is 0 Å². The Bertz CT molecular complexity index is 777. The molecular formula is C38H64O5. The van der Waals surface area contributed by atoms with Gasteiger partial charge in [-0.1, -0.05) is 139 Å². The Balaban J connectivity index is 3.69. The van der Waals surface area contributed by atoms with Crippen molar-refractivity contribution < 1.29 is 24.2 Å². The Morgan fingerprint density at radius 2 is 1.00 bits per heavy atom. The number of allylic oxidation sites excluding steroid dienone is 10. The standard InChI is InChI=1S/C38H64O5/c1-3-5-7-9-11-13-15-16-17-18-19-20-21-22-23-25-27-29-31-33-38(41)43-36(34-39)35-42-37(40)32-30-28-26-24-14-12-10-8-6-4-2/h5,7,11,13,16-17,19-20,22-23,36,39H,3-4,6,8-10,12,14-15,18,21,24-35H2,1-2H3/b7-5-,13-11-,17-16-,20-19-,23-22-. The molecule has 0 aromatic heterocycles. The number of hydrogen-bond donors (Lipinski definition) is 1. The number of rotatable bonds is 30. The summed E-state index contributed by atoms with van der Waals surface area (Å²) in [5.74, 6) is -0.635. The van der Waals surface area contributed by atoms with Gasteiger partial charge in [-0.25, -0.2) is 0 Å². The van der Waals surface area contributed by atoms with Gasteiger partial charge in [0, 0.05) is 12.8 Å². The second-order valence-electron chi connectivity index (χ2n) is 11.2. The Labute approximate surface area is 264 Å². The van der Waals surface area contributed by atoms with E-state index in [2.05, 4.69) is 74.6 Å². The molecule has 43 heavy (non-hydrogen) atoms. The summed E-state index contributed by atoms with van der Waals surface area (Å²) < 4.78 is 10.5. The second kappa shape index (κ2) is 34.1. The number of ether oxygens (including phenoxy) is 2. The third kappa shape index (κ3) is 32.4. The first-order chi connectivity index (χ1) is 21.1. The summed E-state index contributed by atoms with van der Waals surface area (Å²) in [6.07, 6.45) is 42.7. The predicted molar refractivity (Wildman–Crippen MR) is 182 cm³/mol. The number of esters is 2. The zero-order valence-electron chi connectivity index (χ0n) is 27.7. The van der Waals surface area contributed by atoms with Crippen LogP contribution in [0.25, 0.3) is 0 Å². The summed E-state index contributed by atoms with van der Waals surface area (Å²) in [7, 11) is 0. The summed E-state index contributed by atoms with van der Waals surface area (Å²) in [5.41, 5.74) is 0. The van der Waals surface area contributed by atoms with E-state index in [4.69, 9.17) is 9.47 Å². The molecule has 0 rings (SSSR count). The Kier molecular flexibility index (Phi) is 32.2. The van der Waals surface area contributed by atoms with Gasteiger partial charge in [0.2, 0.25) is 0 Å². The van der Waals surface area contributed by atoms with Gasteiger partial charge in [-0.3, -0.25) is 9.59 Å². The van der Waals surface area contributed by atoms with Crippen molar-refractivity contribution in [2.24, 2.45) is 0 Å². The summed E-state index contributed by atoms with van der Waals surface area (Å²) in [6.45, 7) is 3.96. The highest BCUT2D eigenvalue weighted by atomic mass is 16.6. The zero-order chi connectivity index (χ0) is 31.5. The lowest BCUT2D eigenvalue weighted by molar-refractivity contribution is -0.161. The van der Waals surface area contributed by atoms with Crippen molar-refractivity contribution in [2.45, 2.75) is 155 Å². The number of aliphatic hydroxyl groups excluding tert-OH is 1. The number of hydrogen-bond acceptors (Lipinski definition) is 5. The highest BCUT2D eigenvalue weighted by Gasteiger charge is 2.16. The first-order valence-corrected chi connectivity index (χ1v) is 17.3. The minimum Gasteiger partial charge on any atom is -0.462 e. The van der Waals surface area contributed by atoms with Crippen LogP contribution in [-0.4, -0.2) is 36.4 Å². The first-order valence-electron chi connectivity index (χ1n) is 17.3. The molecule has 0 aliphatic rings. The topological polar surface area (TPSA) is 72.8 Å². The molecule has 246 valence electrons. The fourth-order valence-corrected chi connectivity index (χ4v) is 4.46. The molecule has 0 fully saturated rings. The zero-order valence-corrected chi connectivity index (χ0v) is 27.7. The van der Waals surface area contributed by atoms with Crippen LogP contribution in [0.5, 0.6) is 0 Å². The minimum absolute atomic E-state index is 0.0805. The van der Waals surface area contributed by atoms with Crippen molar-refractivity contribution >= 4 is 11.9 Å². The van der Waals surface area contributed by atoms with Gasteiger partial charge in [0.05, 0.1) is 6.61 Å². The molecule has 5 heteroatoms. The van der Waals surface area contributed by atoms with Crippen LogP contribution in [0.3, 0.4) is 0 Å². The lowest BCUT2D eigenvalue weighted by Crippen LogP contribution is -2.28. The average Bonchev–Trinajstić information content (AvgIpc) is 3.01. The molecule has 0 amide bonds. The second-order valence-corrected chi connectivity index (χ2v) is 11.2. The number of carbonyl (C=O) groups excluding carboxylic acids is 2. The van der Waals surface area contributed by atoms with Crippen LogP contribution in [0.4, 0.5) is 0 Å². The molecule has 0 aliphatic heterocycles. The van der Waals surface area contributed by atoms with Crippen molar-refractivity contribution in [1.29, 1.82) is 0 Å². The number of aliphatic hydroxyl groups is 1. The van der Waals surface area contributed by atoms with Crippen LogP contribution in [0.15, 0.2) is 60.8 Å². The van der Waals surface area contributed by atoms with Crippen molar-refractivity contribution in [3.8, 4) is 0 Å². The Morgan fingerprint density at radius 3 is 1.51 bits per heavy atom. The molecule has 0 aromatic carbocycles. The molecule has 0 radical (unpaired) electrons. The van der Waals surface area contributed by atoms with Crippen LogP contribution < -0.4 is 0 Å². The third-order valence-corrected chi connectivity index (χ3v) is 7.08. The summed E-state index contributed by atoms with van der Waals surface area (Å²) in [5, 5.41) is 9.50. The maximum atomic E-state index is 12.1. The monoisotopic (exact) mass is 600 g/mol. The quantitative estimate of drug-likeness (QED) is 0.0504. The molecule has 0 spiro atoms. The van der Waals surface area contributed by atoms with E-state index < -0.39 is 6.10 Å². The lowest BCUT2D eigenvalue weighted by atomic mass is 10.1. The smallest absolute Gasteiger partial charge is 0.306 e. The Hall–Kier alpha value is -2.40. The molecular weight excluding hydrogens is 536 g/mol. The van der Waals surface area contributed by atoms with Crippen LogP contribution >= 0.6 is 0 Å². The van der Waals surface area contributed by atoms with E-state index in [1.807, 2.05) is 0 Å². The van der Waals surface area contributed by atoms with Gasteiger partial charge in [0.25, 0.3) is 0 Å². The first kappa shape index (κ1) is 40.6. The largest absolute Gasteiger partial charge is 0.462 e. The highest BCUT2D eigenvalue weighted by Crippen LogP contribution is 2.12. The van der Waals surface area contributed by atoms with Crippen molar-refractivity contribution in [1.82, 2.24) is 0 Å². The van der Waals surface area contributed by atoms with Gasteiger partial charge >= 0.3 is 11.9 Å². The van der Waals surface area contributed by atoms with E-state index in [9.17, 15) is 14.7 Å². The molecule has 1 atom stereocenters. The minimum atomic E-state index is -0.787. The molecule has 1 N–H and O–H groups in total. The summed E-state index contributed by atoms with van der Waals surface area (Å²) >= 11 is 0. The maximum absolute atomic E-state index is 12.1. The van der Waals surface area contributed by atoms with E-state index in [-0.39, 0.29) is 25.2 Å². The summed E-state index contributed by atoms with van der Waals surface area (Å²) in [4.78, 5) is 24.1. The van der Waals surface area contributed by atoms with E-state index in [1.54, 1.807) is 0 Å². The fraction of sp³-hybridized carbons (Fsp3) is 0.684. The average molecular weight is 601 g/mol. The fourth-order valence-electron chi connectivity index (χ4n) is 4.46. The highest BCUT2D eigenvalue weighted by molar-refractivity contribution is 5.70. The number of carbonyl (C=O) groups is 2. The van der Waals surface area contributed by atoms with Crippen LogP contribution in [0, 0.1) is 0 Å². The predicted octanol–water partition coefficient (Wildman–Crippen LogP) is 10.4. The van der Waals surface area contributed by atoms with E-state index >= 15 is 0 Å². The van der Waals surface area contributed by atoms with Crippen molar-refractivity contribution in [3.05, 3.63) is 60.8 Å². The van der Waals surface area contributed by atoms with E-state index in [0.717, 1.165) is 77.0 Å². The Morgan fingerprint density at radius 1 is 0.558 bits per heavy atom. The SMILES string of the molecule is CC/C=C\C/C=C\C/C=C\C/C=C\C/C=C\CCCCCC(=O)OC(CO)COC(=O)CCCCCCCCCCCC. The molecule has 0 saturated heterocycles. The van der Waals surface area contributed by atoms with Crippen LogP contribution in [0.1, 0.15) is 149 Å². The lowest BCUT2D eigenvalue weighted by Gasteiger charge is -2.15. The molecule has 0 heterocycles. The van der Waals surface area contributed by atoms with Gasteiger partial charge < -0.3 is 14.6 Å². The molecule has 0 aliphatic carbocycles. The van der Waals surface area contributed by atoms with Crippen LogP contribution in [-0.2, 0) is 19.1 Å². The van der Waals surface area contributed by atoms with Gasteiger partial charge in [0.15, 0.2) is 6.10 Å². The van der Waals surface area contributed by atoms with Gasteiger partial charge in [-0.2, -0.15) is 0 Å². The maximum Gasteiger partial charge on any atom is 0.306 e.